The molecule has 3 nitrogen and oxygen atoms in total. The molecule has 0 radical (unpaired) electrons. The van der Waals surface area contributed by atoms with E-state index in [-0.39, 0.29) is 0 Å². The summed E-state index contributed by atoms with van der Waals surface area (Å²) in [6.45, 7) is 3.86. The fourth-order valence-electron chi connectivity index (χ4n) is 6.75. The van der Waals surface area contributed by atoms with Gasteiger partial charge in [-0.3, -0.25) is 0 Å². The van der Waals surface area contributed by atoms with Gasteiger partial charge in [-0.15, -0.1) is 11.3 Å². The normalized spacial score (nSPS) is 30.4. The van der Waals surface area contributed by atoms with Gasteiger partial charge in [0, 0.05) is 17.5 Å². The van der Waals surface area contributed by atoms with Gasteiger partial charge in [0.15, 0.2) is 11.5 Å². The first-order valence-electron chi connectivity index (χ1n) is 11.3. The van der Waals surface area contributed by atoms with E-state index < -0.39 is 0 Å². The molecule has 30 heavy (non-hydrogen) atoms. The molecule has 0 amide bonds. The van der Waals surface area contributed by atoms with Gasteiger partial charge in [0.1, 0.15) is 6.61 Å². The number of thiophene rings is 1. The molecule has 1 heterocycles. The first kappa shape index (κ1) is 20.8. The van der Waals surface area contributed by atoms with Crippen LogP contribution in [0.2, 0.25) is 0 Å². The van der Waals surface area contributed by atoms with Crippen LogP contribution in [0.15, 0.2) is 34.1 Å². The van der Waals surface area contributed by atoms with Gasteiger partial charge < -0.3 is 14.8 Å². The molecule has 0 spiro atoms. The second-order valence-corrected chi connectivity index (χ2v) is 11.7. The highest BCUT2D eigenvalue weighted by molar-refractivity contribution is 9.10. The van der Waals surface area contributed by atoms with Crippen LogP contribution in [0.1, 0.15) is 55.9 Å². The Morgan fingerprint density at radius 1 is 1.17 bits per heavy atom. The third-order valence-electron chi connectivity index (χ3n) is 7.84. The Labute approximate surface area is 192 Å². The predicted octanol–water partition coefficient (Wildman–Crippen LogP) is 6.79. The summed E-state index contributed by atoms with van der Waals surface area (Å²) in [4.78, 5) is 1.21. The number of rotatable bonds is 8. The topological polar surface area (TPSA) is 30.5 Å². The molecule has 4 aliphatic carbocycles. The minimum atomic E-state index is 0.528. The zero-order chi connectivity index (χ0) is 20.7. The van der Waals surface area contributed by atoms with E-state index in [2.05, 4.69) is 57.8 Å². The molecule has 0 aliphatic heterocycles. The van der Waals surface area contributed by atoms with Crippen LogP contribution in [0.4, 0.5) is 0 Å². The Bertz CT molecular complexity index is 846. The first-order valence-corrected chi connectivity index (χ1v) is 13.0. The van der Waals surface area contributed by atoms with Crippen LogP contribution in [0, 0.1) is 23.2 Å². The number of nitrogens with one attached hydrogen (secondary N) is 1. The van der Waals surface area contributed by atoms with Crippen LogP contribution >= 0.6 is 27.3 Å². The maximum atomic E-state index is 6.07. The van der Waals surface area contributed by atoms with Crippen LogP contribution in [0.3, 0.4) is 0 Å². The summed E-state index contributed by atoms with van der Waals surface area (Å²) in [5, 5.41) is 5.97. The minimum Gasteiger partial charge on any atom is -0.493 e. The molecular formula is C25H32BrNO2S. The minimum absolute atomic E-state index is 0.528. The highest BCUT2D eigenvalue weighted by Gasteiger charge is 2.52. The van der Waals surface area contributed by atoms with Gasteiger partial charge in [-0.1, -0.05) is 6.07 Å². The molecule has 0 saturated heterocycles. The highest BCUT2D eigenvalue weighted by atomic mass is 79.9. The Morgan fingerprint density at radius 2 is 1.87 bits per heavy atom. The van der Waals surface area contributed by atoms with Crippen LogP contribution in [0.25, 0.3) is 0 Å². The molecule has 6 rings (SSSR count). The van der Waals surface area contributed by atoms with Crippen molar-refractivity contribution in [3.63, 3.8) is 0 Å². The van der Waals surface area contributed by atoms with Gasteiger partial charge in [0.05, 0.1) is 11.6 Å². The molecule has 4 saturated carbocycles. The maximum Gasteiger partial charge on any atom is 0.175 e. The summed E-state index contributed by atoms with van der Waals surface area (Å²) in [5.41, 5.74) is 1.76. The largest absolute Gasteiger partial charge is 0.493 e. The molecular weight excluding hydrogens is 458 g/mol. The lowest BCUT2D eigenvalue weighted by Gasteiger charge is -2.59. The van der Waals surface area contributed by atoms with E-state index in [1.807, 2.05) is 0 Å². The van der Waals surface area contributed by atoms with Crippen molar-refractivity contribution in [1.29, 1.82) is 0 Å². The lowest BCUT2D eigenvalue weighted by atomic mass is 9.48. The summed E-state index contributed by atoms with van der Waals surface area (Å²) in [6.07, 6.45) is 8.83. The van der Waals surface area contributed by atoms with Crippen molar-refractivity contribution in [1.82, 2.24) is 5.32 Å². The van der Waals surface area contributed by atoms with Gasteiger partial charge in [-0.2, -0.15) is 0 Å². The van der Waals surface area contributed by atoms with Gasteiger partial charge in [0.2, 0.25) is 0 Å². The fourth-order valence-corrected chi connectivity index (χ4v) is 7.97. The van der Waals surface area contributed by atoms with E-state index in [1.54, 1.807) is 18.4 Å². The Balaban J connectivity index is 1.25. The molecule has 0 unspecified atom stereocenters. The molecule has 1 aromatic heterocycles. The van der Waals surface area contributed by atoms with Gasteiger partial charge >= 0.3 is 0 Å². The maximum absolute atomic E-state index is 6.07. The molecule has 5 heteroatoms. The predicted molar refractivity (Wildman–Crippen MR) is 126 cm³/mol. The molecule has 2 aromatic rings. The molecule has 1 N–H and O–H groups in total. The van der Waals surface area contributed by atoms with E-state index in [4.69, 9.17) is 9.47 Å². The number of methoxy groups -OCH3 is 1. The molecule has 162 valence electrons. The van der Waals surface area contributed by atoms with Crippen LogP contribution in [-0.2, 0) is 13.2 Å². The van der Waals surface area contributed by atoms with Crippen LogP contribution in [0.5, 0.6) is 11.5 Å². The summed E-state index contributed by atoms with van der Waals surface area (Å²) in [7, 11) is 1.72. The van der Waals surface area contributed by atoms with Crippen molar-refractivity contribution in [2.45, 2.75) is 64.6 Å². The van der Waals surface area contributed by atoms with Crippen molar-refractivity contribution >= 4 is 27.3 Å². The first-order chi connectivity index (χ1) is 14.5. The third-order valence-corrected chi connectivity index (χ3v) is 9.28. The fraction of sp³-hybridized carbons (Fsp3) is 0.600. The standard InChI is InChI=1S/C25H32BrNO2S/c1-16(25-11-17-6-18(12-25)8-19(7-17)13-25)27-14-20-9-22(26)24(23(10-20)28-2)29-15-21-4-3-5-30-21/h3-5,9-10,16-19,27H,6-8,11-15H2,1-2H3/t16-,17?,18?,19?,25?/m0/s1. The van der Waals surface area contributed by atoms with E-state index in [0.29, 0.717) is 18.1 Å². The SMILES string of the molecule is COc1cc(CN[C@@H](C)C23CC4CC(CC(C4)C2)C3)cc(Br)c1OCc1cccs1. The summed E-state index contributed by atoms with van der Waals surface area (Å²) < 4.78 is 12.7. The second-order valence-electron chi connectivity index (χ2n) is 9.86. The van der Waals surface area contributed by atoms with Crippen molar-refractivity contribution in [3.8, 4) is 11.5 Å². The van der Waals surface area contributed by atoms with Gasteiger partial charge in [0.25, 0.3) is 0 Å². The average Bonchev–Trinajstić information content (AvgIpc) is 3.23. The number of halogens is 1. The molecule has 4 bridgehead atoms. The Hall–Kier alpha value is -1.04. The molecule has 1 aromatic carbocycles. The highest BCUT2D eigenvalue weighted by Crippen LogP contribution is 2.61. The monoisotopic (exact) mass is 489 g/mol. The number of ether oxygens (including phenoxy) is 2. The molecule has 1 atom stereocenters. The van der Waals surface area contributed by atoms with E-state index in [1.165, 1.54) is 49.0 Å². The summed E-state index contributed by atoms with van der Waals surface area (Å²) in [5.74, 6) is 4.56. The number of benzene rings is 1. The van der Waals surface area contributed by atoms with Gasteiger partial charge in [-0.25, -0.2) is 0 Å². The summed E-state index contributed by atoms with van der Waals surface area (Å²) >= 11 is 5.42. The van der Waals surface area contributed by atoms with Crippen molar-refractivity contribution < 1.29 is 9.47 Å². The zero-order valence-corrected chi connectivity index (χ0v) is 20.4. The quantitative estimate of drug-likeness (QED) is 0.442. The van der Waals surface area contributed by atoms with Crippen molar-refractivity contribution in [3.05, 3.63) is 44.6 Å². The summed E-state index contributed by atoms with van der Waals surface area (Å²) in [6, 6.07) is 9.00. The molecule has 4 aliphatic rings. The Kier molecular flexibility index (Phi) is 5.89. The number of hydrogen-bond donors (Lipinski definition) is 1. The van der Waals surface area contributed by atoms with E-state index in [0.717, 1.165) is 40.3 Å². The lowest BCUT2D eigenvalue weighted by Crippen LogP contribution is -2.54. The zero-order valence-electron chi connectivity index (χ0n) is 18.0. The van der Waals surface area contributed by atoms with Crippen molar-refractivity contribution in [2.24, 2.45) is 23.2 Å². The third kappa shape index (κ3) is 4.05. The second kappa shape index (κ2) is 8.48. The van der Waals surface area contributed by atoms with E-state index in [9.17, 15) is 0 Å². The van der Waals surface area contributed by atoms with Crippen LogP contribution < -0.4 is 14.8 Å². The Morgan fingerprint density at radius 3 is 2.47 bits per heavy atom. The molecule has 4 fully saturated rings. The smallest absolute Gasteiger partial charge is 0.175 e. The average molecular weight is 491 g/mol. The van der Waals surface area contributed by atoms with E-state index >= 15 is 0 Å². The van der Waals surface area contributed by atoms with Crippen LogP contribution in [-0.4, -0.2) is 13.2 Å². The van der Waals surface area contributed by atoms with Gasteiger partial charge in [-0.05, 0) is 114 Å². The van der Waals surface area contributed by atoms with Crippen molar-refractivity contribution in [2.75, 3.05) is 7.11 Å². The number of hydrogen-bond acceptors (Lipinski definition) is 4. The lowest BCUT2D eigenvalue weighted by molar-refractivity contribution is -0.0706.